The van der Waals surface area contributed by atoms with E-state index in [1.54, 1.807) is 19.9 Å². The second kappa shape index (κ2) is 7.36. The van der Waals surface area contributed by atoms with Crippen molar-refractivity contribution in [1.82, 2.24) is 0 Å². The van der Waals surface area contributed by atoms with Gasteiger partial charge < -0.3 is 4.84 Å². The molecule has 8 heteroatoms. The monoisotopic (exact) mass is 411 g/mol. The maximum atomic E-state index is 13.2. The van der Waals surface area contributed by atoms with E-state index in [0.29, 0.717) is 47.2 Å². The second-order valence-corrected chi connectivity index (χ2v) is 9.68. The Bertz CT molecular complexity index is 951. The first kappa shape index (κ1) is 20.0. The van der Waals surface area contributed by atoms with Crippen molar-refractivity contribution in [2.75, 3.05) is 12.9 Å². The lowest BCUT2D eigenvalue weighted by molar-refractivity contribution is -0.122. The van der Waals surface area contributed by atoms with Crippen LogP contribution in [0.5, 0.6) is 0 Å². The molecule has 0 N–H and O–H groups in total. The molecule has 1 heterocycles. The molecule has 1 aliphatic carbocycles. The molecule has 2 aliphatic rings. The molecule has 1 fully saturated rings. The van der Waals surface area contributed by atoms with Crippen molar-refractivity contribution in [3.05, 3.63) is 28.3 Å². The van der Waals surface area contributed by atoms with Gasteiger partial charge in [0.05, 0.1) is 27.7 Å². The van der Waals surface area contributed by atoms with E-state index in [0.717, 1.165) is 0 Å². The maximum Gasteiger partial charge on any atom is 0.179 e. The number of oxime groups is 1. The maximum absolute atomic E-state index is 13.2. The summed E-state index contributed by atoms with van der Waals surface area (Å²) in [5.74, 6) is -1.44. The third kappa shape index (κ3) is 3.43. The molecule has 146 valence electrons. The van der Waals surface area contributed by atoms with Gasteiger partial charge in [0, 0.05) is 24.0 Å². The predicted molar refractivity (Wildman–Crippen MR) is 102 cm³/mol. The van der Waals surface area contributed by atoms with Crippen LogP contribution < -0.4 is 0 Å². The summed E-state index contributed by atoms with van der Waals surface area (Å²) >= 11 is 6.30. The van der Waals surface area contributed by atoms with E-state index in [9.17, 15) is 18.0 Å². The Morgan fingerprint density at radius 3 is 2.63 bits per heavy atom. The highest BCUT2D eigenvalue weighted by Gasteiger charge is 2.39. The molecule has 27 heavy (non-hydrogen) atoms. The number of alkyl halides is 1. The SMILES string of the molecule is CO/N=C1\CCS(=O)(=O)c2c(C)cc(C(=O)C3C(=O)CCCC3Cl)c(C)c21. The summed E-state index contributed by atoms with van der Waals surface area (Å²) in [4.78, 5) is 30.6. The van der Waals surface area contributed by atoms with Crippen molar-refractivity contribution in [2.45, 2.75) is 49.8 Å². The summed E-state index contributed by atoms with van der Waals surface area (Å²) in [6.07, 6.45) is 1.84. The Kier molecular flexibility index (Phi) is 5.45. The fourth-order valence-electron chi connectivity index (χ4n) is 4.03. The van der Waals surface area contributed by atoms with Crippen LogP contribution in [0.2, 0.25) is 0 Å². The van der Waals surface area contributed by atoms with Gasteiger partial charge in [0.2, 0.25) is 0 Å². The summed E-state index contributed by atoms with van der Waals surface area (Å²) in [5.41, 5.74) is 2.22. The van der Waals surface area contributed by atoms with Gasteiger partial charge in [0.15, 0.2) is 15.6 Å². The second-order valence-electron chi connectivity index (χ2n) is 7.08. The van der Waals surface area contributed by atoms with Crippen LogP contribution in [0.25, 0.3) is 0 Å². The molecule has 2 atom stereocenters. The molecular formula is C19H22ClNO5S. The van der Waals surface area contributed by atoms with Crippen LogP contribution in [0.15, 0.2) is 16.1 Å². The number of benzene rings is 1. The average molecular weight is 412 g/mol. The highest BCUT2D eigenvalue weighted by atomic mass is 35.5. The fourth-order valence-corrected chi connectivity index (χ4v) is 6.24. The number of hydrogen-bond acceptors (Lipinski definition) is 6. The van der Waals surface area contributed by atoms with Gasteiger partial charge in [0.25, 0.3) is 0 Å². The molecule has 0 amide bonds. The molecular weight excluding hydrogens is 390 g/mol. The number of aryl methyl sites for hydroxylation is 1. The molecule has 2 unspecified atom stereocenters. The zero-order valence-corrected chi connectivity index (χ0v) is 17.1. The van der Waals surface area contributed by atoms with Crippen LogP contribution in [0, 0.1) is 19.8 Å². The van der Waals surface area contributed by atoms with Crippen LogP contribution in [-0.4, -0.2) is 43.9 Å². The average Bonchev–Trinajstić information content (AvgIpc) is 2.59. The van der Waals surface area contributed by atoms with Gasteiger partial charge >= 0.3 is 0 Å². The summed E-state index contributed by atoms with van der Waals surface area (Å²) in [7, 11) is -2.08. The molecule has 1 aliphatic heterocycles. The summed E-state index contributed by atoms with van der Waals surface area (Å²) < 4.78 is 25.3. The Hall–Kier alpha value is -1.73. The molecule has 0 radical (unpaired) electrons. The zero-order chi connectivity index (χ0) is 19.9. The molecule has 0 bridgehead atoms. The topological polar surface area (TPSA) is 89.9 Å². The van der Waals surface area contributed by atoms with Gasteiger partial charge in [-0.15, -0.1) is 11.6 Å². The summed E-state index contributed by atoms with van der Waals surface area (Å²) in [6, 6.07) is 1.56. The normalized spacial score (nSPS) is 25.9. The van der Waals surface area contributed by atoms with Crippen molar-refractivity contribution in [3.8, 4) is 0 Å². The molecule has 0 spiro atoms. The van der Waals surface area contributed by atoms with E-state index in [2.05, 4.69) is 5.16 Å². The first-order valence-electron chi connectivity index (χ1n) is 8.87. The lowest BCUT2D eigenvalue weighted by atomic mass is 9.80. The predicted octanol–water partition coefficient (Wildman–Crippen LogP) is 2.99. The number of Topliss-reactive ketones (excluding diaryl/α,β-unsaturated/α-hetero) is 2. The number of nitrogens with zero attached hydrogens (tertiary/aromatic N) is 1. The third-order valence-electron chi connectivity index (χ3n) is 5.29. The molecule has 6 nitrogen and oxygen atoms in total. The minimum Gasteiger partial charge on any atom is -0.399 e. The van der Waals surface area contributed by atoms with E-state index in [-0.39, 0.29) is 28.6 Å². The number of carbonyl (C=O) groups excluding carboxylic acids is 2. The lowest BCUT2D eigenvalue weighted by Gasteiger charge is -2.27. The Labute approximate surface area is 163 Å². The van der Waals surface area contributed by atoms with Crippen LogP contribution >= 0.6 is 11.6 Å². The first-order chi connectivity index (χ1) is 12.7. The minimum absolute atomic E-state index is 0.0549. The number of carbonyl (C=O) groups is 2. The number of ketones is 2. The van der Waals surface area contributed by atoms with Gasteiger partial charge in [-0.1, -0.05) is 5.16 Å². The van der Waals surface area contributed by atoms with Crippen molar-refractivity contribution in [2.24, 2.45) is 11.1 Å². The molecule has 1 saturated carbocycles. The van der Waals surface area contributed by atoms with Gasteiger partial charge in [-0.05, 0) is 43.9 Å². The largest absolute Gasteiger partial charge is 0.399 e. The molecule has 3 rings (SSSR count). The van der Waals surface area contributed by atoms with E-state index < -0.39 is 21.1 Å². The van der Waals surface area contributed by atoms with E-state index in [1.807, 2.05) is 0 Å². The smallest absolute Gasteiger partial charge is 0.179 e. The van der Waals surface area contributed by atoms with Crippen LogP contribution in [0.3, 0.4) is 0 Å². The highest BCUT2D eigenvalue weighted by Crippen LogP contribution is 2.36. The number of rotatable bonds is 3. The first-order valence-corrected chi connectivity index (χ1v) is 11.0. The van der Waals surface area contributed by atoms with E-state index in [4.69, 9.17) is 16.4 Å². The molecule has 1 aromatic rings. The van der Waals surface area contributed by atoms with Crippen LogP contribution in [-0.2, 0) is 19.5 Å². The zero-order valence-electron chi connectivity index (χ0n) is 15.5. The molecule has 0 aromatic heterocycles. The standard InChI is InChI=1S/C19H22ClNO5S/c1-10-9-12(18(23)17-13(20)5-4-6-15(17)22)11(2)16-14(21-26-3)7-8-27(24,25)19(10)16/h9,13,17H,4-8H2,1-3H3/b21-14+. The fraction of sp³-hybridized carbons (Fsp3) is 0.526. The van der Waals surface area contributed by atoms with Gasteiger partial charge in [-0.3, -0.25) is 9.59 Å². The van der Waals surface area contributed by atoms with Gasteiger partial charge in [-0.25, -0.2) is 8.42 Å². The highest BCUT2D eigenvalue weighted by molar-refractivity contribution is 7.91. The Morgan fingerprint density at radius 2 is 2.00 bits per heavy atom. The lowest BCUT2D eigenvalue weighted by Crippen LogP contribution is -2.36. The summed E-state index contributed by atoms with van der Waals surface area (Å²) in [6.45, 7) is 3.34. The van der Waals surface area contributed by atoms with Crippen molar-refractivity contribution in [1.29, 1.82) is 0 Å². The van der Waals surface area contributed by atoms with Crippen molar-refractivity contribution < 1.29 is 22.8 Å². The minimum atomic E-state index is -3.48. The third-order valence-corrected chi connectivity index (χ3v) is 7.65. The van der Waals surface area contributed by atoms with E-state index >= 15 is 0 Å². The van der Waals surface area contributed by atoms with Crippen molar-refractivity contribution in [3.63, 3.8) is 0 Å². The van der Waals surface area contributed by atoms with Crippen LogP contribution in [0.4, 0.5) is 0 Å². The van der Waals surface area contributed by atoms with Crippen molar-refractivity contribution >= 4 is 38.7 Å². The van der Waals surface area contributed by atoms with Crippen LogP contribution in [0.1, 0.15) is 52.7 Å². The quantitative estimate of drug-likeness (QED) is 0.330. The Balaban J connectivity index is 2.21. The molecule has 0 saturated heterocycles. The van der Waals surface area contributed by atoms with Gasteiger partial charge in [-0.2, -0.15) is 0 Å². The van der Waals surface area contributed by atoms with E-state index in [1.165, 1.54) is 7.11 Å². The van der Waals surface area contributed by atoms with Gasteiger partial charge in [0.1, 0.15) is 12.9 Å². The number of hydrogen-bond donors (Lipinski definition) is 0. The number of fused-ring (bicyclic) bond motifs is 1. The number of halogens is 1. The summed E-state index contributed by atoms with van der Waals surface area (Å²) in [5, 5.41) is 3.45. The molecule has 1 aromatic carbocycles. The number of sulfone groups is 1. The Morgan fingerprint density at radius 1 is 1.30 bits per heavy atom.